The predicted molar refractivity (Wildman–Crippen MR) is 189 cm³/mol. The van der Waals surface area contributed by atoms with Crippen LogP contribution in [0, 0.1) is 12.3 Å². The molecule has 1 aromatic heterocycles. The van der Waals surface area contributed by atoms with Crippen LogP contribution in [-0.4, -0.2) is 65.0 Å². The van der Waals surface area contributed by atoms with E-state index in [0.29, 0.717) is 36.5 Å². The molecule has 2 amide bonds. The molecule has 1 spiro atoms. The number of aryl methyl sites for hydroxylation is 1. The fourth-order valence-electron chi connectivity index (χ4n) is 7.20. The lowest BCUT2D eigenvalue weighted by molar-refractivity contribution is -0.135. The fraction of sp³-hybridized carbons (Fsp3) is 0.486. The first kappa shape index (κ1) is 34.5. The number of hydrogen-bond donors (Lipinski definition) is 1. The van der Waals surface area contributed by atoms with Gasteiger partial charge in [0.05, 0.1) is 30.4 Å². The van der Waals surface area contributed by atoms with E-state index >= 15 is 0 Å². The molecule has 11 nitrogen and oxygen atoms in total. The molecule has 0 atom stereocenters. The van der Waals surface area contributed by atoms with E-state index in [0.717, 1.165) is 68.3 Å². The number of amides is 2. The van der Waals surface area contributed by atoms with Gasteiger partial charge in [0.1, 0.15) is 11.4 Å². The number of benzene rings is 2. The highest BCUT2D eigenvalue weighted by Gasteiger charge is 2.49. The average Bonchev–Trinajstić information content (AvgIpc) is 3.74. The lowest BCUT2D eigenvalue weighted by Gasteiger charge is -2.25. The Bertz CT molecular complexity index is 1900. The first-order valence-electron chi connectivity index (χ1n) is 17.2. The standard InChI is InChI=1S/C37H46N6O5S/c1-6-7-14-31-40-37(17-10-11-18-37)35(45)43(31)23-26-15-16-28(27(21-26)24-42-20-19-36(3,4)34(42)44)29-12-8-9-13-30(29)49(46,47)41-32-33(48-5)39-25(2)22-38-32/h8-9,12-13,15-16,21-22H,6-7,10-11,14,17-20,23-24H2,1-5H3,(H,38,41). The van der Waals surface area contributed by atoms with Crippen LogP contribution in [-0.2, 0) is 32.7 Å². The number of aromatic nitrogens is 2. The first-order valence-corrected chi connectivity index (χ1v) is 18.7. The molecule has 6 rings (SSSR count). The van der Waals surface area contributed by atoms with Gasteiger partial charge in [0.2, 0.25) is 11.7 Å². The predicted octanol–water partition coefficient (Wildman–Crippen LogP) is 6.26. The number of rotatable bonds is 12. The molecule has 3 heterocycles. The van der Waals surface area contributed by atoms with Gasteiger partial charge >= 0.3 is 0 Å². The summed E-state index contributed by atoms with van der Waals surface area (Å²) in [6.07, 6.45) is 8.49. The summed E-state index contributed by atoms with van der Waals surface area (Å²) >= 11 is 0. The second-order valence-electron chi connectivity index (χ2n) is 14.1. The van der Waals surface area contributed by atoms with E-state index in [1.165, 1.54) is 13.3 Å². The van der Waals surface area contributed by atoms with Crippen LogP contribution >= 0.6 is 0 Å². The molecule has 3 aliphatic rings. The fourth-order valence-corrected chi connectivity index (χ4v) is 8.43. The number of amidine groups is 1. The zero-order valence-corrected chi connectivity index (χ0v) is 29.9. The molecule has 0 bridgehead atoms. The summed E-state index contributed by atoms with van der Waals surface area (Å²) in [5, 5.41) is 0. The minimum atomic E-state index is -4.16. The van der Waals surface area contributed by atoms with Crippen molar-refractivity contribution in [1.82, 2.24) is 19.8 Å². The van der Waals surface area contributed by atoms with Gasteiger partial charge < -0.3 is 9.64 Å². The minimum absolute atomic E-state index is 0.0146. The van der Waals surface area contributed by atoms with Gasteiger partial charge in [-0.15, -0.1) is 0 Å². The van der Waals surface area contributed by atoms with Crippen molar-refractivity contribution in [2.75, 3.05) is 18.4 Å². The van der Waals surface area contributed by atoms with Gasteiger partial charge in [-0.2, -0.15) is 0 Å². The first-order chi connectivity index (χ1) is 23.4. The summed E-state index contributed by atoms with van der Waals surface area (Å²) in [4.78, 5) is 44.6. The Hall–Kier alpha value is -4.32. The summed E-state index contributed by atoms with van der Waals surface area (Å²) in [6, 6.07) is 12.7. The molecular formula is C37H46N6O5S. The number of hydrogen-bond acceptors (Lipinski definition) is 8. The lowest BCUT2D eigenvalue weighted by Crippen LogP contribution is -2.40. The van der Waals surface area contributed by atoms with Crippen molar-refractivity contribution in [2.24, 2.45) is 10.4 Å². The van der Waals surface area contributed by atoms with E-state index in [1.807, 2.05) is 41.8 Å². The zero-order chi connectivity index (χ0) is 35.0. The van der Waals surface area contributed by atoms with Crippen LogP contribution in [0.25, 0.3) is 11.1 Å². The van der Waals surface area contributed by atoms with Crippen molar-refractivity contribution in [3.63, 3.8) is 0 Å². The number of sulfonamides is 1. The molecule has 2 aromatic carbocycles. The van der Waals surface area contributed by atoms with Crippen LogP contribution in [0.1, 0.15) is 89.0 Å². The normalized spacial score (nSPS) is 18.4. The van der Waals surface area contributed by atoms with E-state index in [-0.39, 0.29) is 28.4 Å². The molecular weight excluding hydrogens is 641 g/mol. The molecule has 3 aromatic rings. The van der Waals surface area contributed by atoms with Crippen LogP contribution in [0.5, 0.6) is 5.88 Å². The maximum absolute atomic E-state index is 14.0. The number of nitrogens with zero attached hydrogens (tertiary/aromatic N) is 5. The van der Waals surface area contributed by atoms with Crippen molar-refractivity contribution >= 4 is 33.5 Å². The second-order valence-corrected chi connectivity index (χ2v) is 15.7. The number of methoxy groups -OCH3 is 1. The molecule has 2 fully saturated rings. The number of likely N-dealkylation sites (tertiary alicyclic amines) is 1. The maximum Gasteiger partial charge on any atom is 0.263 e. The number of anilines is 1. The summed E-state index contributed by atoms with van der Waals surface area (Å²) < 4.78 is 35.8. The van der Waals surface area contributed by atoms with Gasteiger partial charge in [0.25, 0.3) is 21.8 Å². The molecule has 0 radical (unpaired) electrons. The van der Waals surface area contributed by atoms with E-state index in [1.54, 1.807) is 31.2 Å². The largest absolute Gasteiger partial charge is 0.478 e. The third-order valence-electron chi connectivity index (χ3n) is 9.98. The Morgan fingerprint density at radius 1 is 0.980 bits per heavy atom. The minimum Gasteiger partial charge on any atom is -0.478 e. The highest BCUT2D eigenvalue weighted by molar-refractivity contribution is 7.92. The Morgan fingerprint density at radius 3 is 2.43 bits per heavy atom. The monoisotopic (exact) mass is 686 g/mol. The summed E-state index contributed by atoms with van der Waals surface area (Å²) in [5.74, 6) is 1.05. The summed E-state index contributed by atoms with van der Waals surface area (Å²) in [7, 11) is -2.75. The lowest BCUT2D eigenvalue weighted by atomic mass is 9.92. The van der Waals surface area contributed by atoms with E-state index in [9.17, 15) is 18.0 Å². The molecule has 49 heavy (non-hydrogen) atoms. The maximum atomic E-state index is 14.0. The number of carbonyl (C=O) groups excluding carboxylic acids is 2. The number of nitrogens with one attached hydrogen (secondary N) is 1. The highest BCUT2D eigenvalue weighted by Crippen LogP contribution is 2.41. The van der Waals surface area contributed by atoms with Gasteiger partial charge in [0.15, 0.2) is 0 Å². The number of ether oxygens (including phenoxy) is 1. The van der Waals surface area contributed by atoms with Crippen LogP contribution in [0.15, 0.2) is 58.5 Å². The third-order valence-corrected chi connectivity index (χ3v) is 11.4. The van der Waals surface area contributed by atoms with Crippen LogP contribution in [0.3, 0.4) is 0 Å². The topological polar surface area (TPSA) is 134 Å². The van der Waals surface area contributed by atoms with Gasteiger partial charge in [-0.05, 0) is 55.4 Å². The number of carbonyl (C=O) groups is 2. The van der Waals surface area contributed by atoms with Gasteiger partial charge in [-0.3, -0.25) is 24.2 Å². The van der Waals surface area contributed by atoms with Crippen molar-refractivity contribution in [3.8, 4) is 17.0 Å². The molecule has 1 saturated carbocycles. The average molecular weight is 687 g/mol. The Morgan fingerprint density at radius 2 is 1.73 bits per heavy atom. The summed E-state index contributed by atoms with van der Waals surface area (Å²) in [6.45, 7) is 9.06. The van der Waals surface area contributed by atoms with Crippen LogP contribution in [0.2, 0.25) is 0 Å². The zero-order valence-electron chi connectivity index (χ0n) is 29.1. The Kier molecular flexibility index (Phi) is 9.54. The molecule has 260 valence electrons. The SMILES string of the molecule is CCCCC1=NC2(CCCC2)C(=O)N1Cc1ccc(-c2ccccc2S(=O)(=O)Nc2ncc(C)nc2OC)c(CN2CCC(C)(C)C2=O)c1. The van der Waals surface area contributed by atoms with E-state index < -0.39 is 21.0 Å². The number of aliphatic imine (C=N–C) groups is 1. The second kappa shape index (κ2) is 13.5. The van der Waals surface area contributed by atoms with Crippen molar-refractivity contribution < 1.29 is 22.7 Å². The van der Waals surface area contributed by atoms with Crippen molar-refractivity contribution in [2.45, 2.75) is 103 Å². The molecule has 12 heteroatoms. The molecule has 0 unspecified atom stereocenters. The molecule has 1 saturated heterocycles. The van der Waals surface area contributed by atoms with E-state index in [2.05, 4.69) is 21.6 Å². The molecule has 1 N–H and O–H groups in total. The number of unbranched alkanes of at least 4 members (excludes halogenated alkanes) is 1. The Balaban J connectivity index is 1.39. The van der Waals surface area contributed by atoms with Gasteiger partial charge in [0, 0.05) is 30.5 Å². The van der Waals surface area contributed by atoms with Gasteiger partial charge in [-0.25, -0.2) is 18.4 Å². The van der Waals surface area contributed by atoms with Crippen LogP contribution in [0.4, 0.5) is 5.82 Å². The van der Waals surface area contributed by atoms with Gasteiger partial charge in [-0.1, -0.05) is 76.4 Å². The van der Waals surface area contributed by atoms with E-state index in [4.69, 9.17) is 9.73 Å². The Labute approximate surface area is 289 Å². The highest BCUT2D eigenvalue weighted by atomic mass is 32.2. The molecule has 2 aliphatic heterocycles. The quantitative estimate of drug-likeness (QED) is 0.238. The summed E-state index contributed by atoms with van der Waals surface area (Å²) in [5.41, 5.74) is 2.34. The van der Waals surface area contributed by atoms with Crippen molar-refractivity contribution in [3.05, 3.63) is 65.5 Å². The van der Waals surface area contributed by atoms with Crippen LogP contribution < -0.4 is 9.46 Å². The van der Waals surface area contributed by atoms with Crippen molar-refractivity contribution in [1.29, 1.82) is 0 Å². The molecule has 1 aliphatic carbocycles. The third kappa shape index (κ3) is 6.79. The smallest absolute Gasteiger partial charge is 0.263 e.